The molecule has 0 fully saturated rings. The third-order valence-electron chi connectivity index (χ3n) is 16.4. The van der Waals surface area contributed by atoms with Crippen LogP contribution >= 0.6 is 61.1 Å². The first kappa shape index (κ1) is 93.2. The number of hydrogen-bond donors (Lipinski definition) is 3. The number of hydrogen-bond acceptors (Lipinski definition) is 21. The molecule has 0 spiro atoms. The summed E-state index contributed by atoms with van der Waals surface area (Å²) in [6.07, 6.45) is 0.390. The number of aliphatic carboxylic acids is 1. The maximum absolute atomic E-state index is 13.4. The molecule has 2 aromatic carbocycles. The normalized spacial score (nSPS) is 12.5. The van der Waals surface area contributed by atoms with Crippen LogP contribution < -0.4 is 10.2 Å². The zero-order valence-electron chi connectivity index (χ0n) is 62.8. The van der Waals surface area contributed by atoms with Crippen LogP contribution in [0.15, 0.2) is 153 Å². The second kappa shape index (κ2) is 40.1. The Morgan fingerprint density at radius 1 is 0.512 bits per heavy atom. The van der Waals surface area contributed by atoms with Gasteiger partial charge in [0.15, 0.2) is 56.9 Å². The number of amides is 1. The van der Waals surface area contributed by atoms with Gasteiger partial charge in [-0.05, 0) is 201 Å². The Hall–Kier alpha value is -11.7. The molecule has 0 bridgehead atoms. The zero-order chi connectivity index (χ0) is 88.6. The molecule has 0 atom stereocenters. The number of aromatic amines is 1. The number of pyridine rings is 5. The lowest BCUT2D eigenvalue weighted by atomic mass is 10.1. The molecule has 2 aliphatic rings. The van der Waals surface area contributed by atoms with Gasteiger partial charge in [-0.1, -0.05) is 19.8 Å². The molecule has 16 rings (SSSR count). The van der Waals surface area contributed by atoms with E-state index >= 15 is 0 Å². The van der Waals surface area contributed by atoms with Gasteiger partial charge in [0.1, 0.15) is 51.0 Å². The van der Waals surface area contributed by atoms with Crippen LogP contribution in [0.5, 0.6) is 0 Å². The van der Waals surface area contributed by atoms with Gasteiger partial charge in [-0.3, -0.25) is 33.9 Å². The van der Waals surface area contributed by atoms with Crippen molar-refractivity contribution in [3.05, 3.63) is 200 Å². The Bertz CT molecular complexity index is 6070. The molecule has 0 radical (unpaired) electrons. The minimum atomic E-state index is -6.08. The van der Waals surface area contributed by atoms with E-state index in [1.54, 1.807) is 52.9 Å². The smallest absolute Gasteiger partial charge is 0.435 e. The van der Waals surface area contributed by atoms with Crippen molar-refractivity contribution < 1.29 is 103 Å². The molecule has 0 aliphatic carbocycles. The number of carbonyl (C=O) groups is 6. The maximum Gasteiger partial charge on any atom is 0.435 e. The number of benzene rings is 2. The van der Waals surface area contributed by atoms with Crippen LogP contribution in [0.1, 0.15) is 69.0 Å². The standard InChI is InChI=1S/C21H16F4N6O.C12H12FN3.C10H8F3N3O.C9H6F3N3O2.C9H8IN3O.C6H4IN3.C3H5BrO.C3H3F3O3S/c22-13-5-7-14(8-6-13)31-16-4-2-10-29(17(16)11-27-31)18(32)12-30-20-15(3-1-9-26-20)19(28-30)21(23,24)25;13-9-3-5-10(6-4-9)16-12-2-1-7-14-11(12)8-15-16;1-6(17)5-16-9-7(3-2-4-14-9)8(15-16)10(11,12)13;10-9(11,12)7-5-2-1-3-13-8(5)15(14-7)4-6(16)17;1-6(14)5-13-9-7(8(10)12-13)3-2-4-11-9;7-5-4-2-1-3-8-6(4)10-9-5;1-3(5)2-4;1-2(7)3(4,5)10(6,8)9/h1,3,5-9,11H,2,4,10,12H2;3-6,8,14H,1-2,7H2;2-4H,5H2,1H3;1-3H,4H2,(H,16,17);2-4H,5H2,1H3;1-3H,(H,8,9,10);2H2,1H3;1H3. The fraction of sp³-hybridized carbons (Fsp3) is 0.260. The summed E-state index contributed by atoms with van der Waals surface area (Å²) in [6, 6.07) is 27.9. The van der Waals surface area contributed by atoms with Gasteiger partial charge in [0.05, 0.1) is 78.8 Å². The van der Waals surface area contributed by atoms with Crippen LogP contribution in [-0.4, -0.2) is 166 Å². The maximum atomic E-state index is 13.4. The van der Waals surface area contributed by atoms with Crippen molar-refractivity contribution in [1.82, 2.24) is 93.8 Å². The lowest BCUT2D eigenvalue weighted by Crippen LogP contribution is -2.38. The SMILES string of the molecule is CC(=O)C(F)(F)S(=O)(=O)F.CC(=O)CBr.CC(=O)Cn1nc(C(F)(F)F)c2cccnc21.CC(=O)Cn1nc(I)c2cccnc21.Fc1ccc(-n2ncc3c2CCCN3)cc1.Ic1[nH]nc2ncccc12.O=C(Cn1nc(C(F)(F)F)c2cccnc21)N1CCCc2c1cnn2-c1ccc(F)cc1.O=C(O)Cn1nc(C(F)(F)F)c2cccnc21. The highest BCUT2D eigenvalue weighted by molar-refractivity contribution is 14.1. The first-order valence-electron chi connectivity index (χ1n) is 34.9. The van der Waals surface area contributed by atoms with Gasteiger partial charge >= 0.3 is 40.0 Å². The largest absolute Gasteiger partial charge is 0.480 e. The highest BCUT2D eigenvalue weighted by Crippen LogP contribution is 2.37. The zero-order valence-corrected chi connectivity index (χ0v) is 69.5. The second-order valence-electron chi connectivity index (χ2n) is 25.5. The van der Waals surface area contributed by atoms with Crippen molar-refractivity contribution in [2.75, 3.05) is 28.6 Å². The van der Waals surface area contributed by atoms with E-state index in [1.165, 1.54) is 110 Å². The predicted octanol–water partition coefficient (Wildman–Crippen LogP) is 14.3. The van der Waals surface area contributed by atoms with Crippen molar-refractivity contribution in [2.24, 2.45) is 0 Å². The summed E-state index contributed by atoms with van der Waals surface area (Å²) >= 11 is 7.30. The van der Waals surface area contributed by atoms with E-state index in [-0.39, 0.29) is 82.1 Å². The van der Waals surface area contributed by atoms with Gasteiger partial charge in [0.2, 0.25) is 11.7 Å². The molecule has 30 nitrogen and oxygen atoms in total. The highest BCUT2D eigenvalue weighted by atomic mass is 127. The fourth-order valence-corrected chi connectivity index (χ4v) is 12.8. The average Bonchev–Trinajstić information content (AvgIpc) is 1.62. The molecule has 12 aromatic heterocycles. The number of ketones is 4. The molecule has 0 saturated heterocycles. The summed E-state index contributed by atoms with van der Waals surface area (Å²) in [6.45, 7) is 5.06. The number of anilines is 2. The second-order valence-corrected chi connectivity index (χ2v) is 29.5. The van der Waals surface area contributed by atoms with Crippen molar-refractivity contribution in [2.45, 2.75) is 103 Å². The van der Waals surface area contributed by atoms with E-state index < -0.39 is 81.8 Å². The quantitative estimate of drug-likeness (QED) is 0.0418. The Balaban J connectivity index is 0.000000165. The van der Waals surface area contributed by atoms with Crippen LogP contribution in [0, 0.1) is 19.0 Å². The van der Waals surface area contributed by atoms with Crippen LogP contribution in [0.25, 0.3) is 66.5 Å². The summed E-state index contributed by atoms with van der Waals surface area (Å²) in [5.41, 5.74) is 3.49. The summed E-state index contributed by atoms with van der Waals surface area (Å²) < 4.78 is 206. The van der Waals surface area contributed by atoms with E-state index in [9.17, 15) is 98.1 Å². The number of Topliss-reactive ketones (excluding diaryl/α,β-unsaturated/α-hetero) is 4. The number of nitrogens with zero attached hydrogens (tertiary/aromatic N) is 19. The minimum Gasteiger partial charge on any atom is -0.480 e. The molecule has 121 heavy (non-hydrogen) atoms. The number of aromatic nitrogens is 19. The molecular formula is C73H62BrF14I2N21O9S. The number of carboxylic acid groups (broad SMARTS) is 1. The Labute approximate surface area is 708 Å². The average molecular weight is 2010 g/mol. The minimum absolute atomic E-state index is 0.00702. The summed E-state index contributed by atoms with van der Waals surface area (Å²) in [7, 11) is -6.08. The Morgan fingerprint density at radius 2 is 0.909 bits per heavy atom. The predicted molar refractivity (Wildman–Crippen MR) is 428 cm³/mol. The molecule has 638 valence electrons. The summed E-state index contributed by atoms with van der Waals surface area (Å²) in [5, 5.41) is 39.1. The first-order valence-corrected chi connectivity index (χ1v) is 39.5. The van der Waals surface area contributed by atoms with Gasteiger partial charge in [-0.25, -0.2) is 61.8 Å². The third-order valence-corrected chi connectivity index (χ3v) is 19.8. The van der Waals surface area contributed by atoms with Crippen molar-refractivity contribution >= 4 is 173 Å². The molecule has 2 aliphatic heterocycles. The van der Waals surface area contributed by atoms with Crippen LogP contribution in [-0.2, 0) is 96.5 Å². The number of H-pyrrole nitrogens is 1. The summed E-state index contributed by atoms with van der Waals surface area (Å²) in [4.78, 5) is 86.3. The van der Waals surface area contributed by atoms with E-state index in [2.05, 4.69) is 132 Å². The monoisotopic (exact) mass is 2010 g/mol. The van der Waals surface area contributed by atoms with Crippen molar-refractivity contribution in [3.63, 3.8) is 0 Å². The molecule has 48 heteroatoms. The molecule has 3 N–H and O–H groups in total. The fourth-order valence-electron chi connectivity index (χ4n) is 11.3. The number of rotatable bonds is 13. The topological polar surface area (TPSA) is 372 Å². The number of halogens is 17. The molecule has 0 saturated carbocycles. The van der Waals surface area contributed by atoms with Gasteiger partial charge < -0.3 is 15.3 Å². The molecular weight excluding hydrogens is 1950 g/mol. The van der Waals surface area contributed by atoms with Gasteiger partial charge in [0.25, 0.3) is 0 Å². The first-order chi connectivity index (χ1) is 57.0. The van der Waals surface area contributed by atoms with Crippen LogP contribution in [0.3, 0.4) is 0 Å². The number of alkyl halides is 12. The van der Waals surface area contributed by atoms with Crippen molar-refractivity contribution in [1.29, 1.82) is 0 Å². The van der Waals surface area contributed by atoms with E-state index in [0.29, 0.717) is 36.1 Å². The molecule has 0 unspecified atom stereocenters. The number of carboxylic acids is 1. The summed E-state index contributed by atoms with van der Waals surface area (Å²) in [5.74, 6) is -4.36. The lowest BCUT2D eigenvalue weighted by Gasteiger charge is -2.27. The number of carbonyl (C=O) groups excluding carboxylic acids is 5. The number of fused-ring (bicyclic) bond motifs is 7. The molecule has 14 aromatic rings. The van der Waals surface area contributed by atoms with E-state index in [1.807, 2.05) is 35.1 Å². The van der Waals surface area contributed by atoms with Crippen molar-refractivity contribution in [3.8, 4) is 11.4 Å². The third kappa shape index (κ3) is 23.9. The van der Waals surface area contributed by atoms with Gasteiger partial charge in [-0.15, -0.1) is 0 Å². The Morgan fingerprint density at radius 3 is 1.32 bits per heavy atom. The molecule has 14 heterocycles. The van der Waals surface area contributed by atoms with E-state index in [4.69, 9.17) is 5.11 Å². The van der Waals surface area contributed by atoms with Crippen LogP contribution in [0.4, 0.5) is 72.3 Å². The van der Waals surface area contributed by atoms with Crippen LogP contribution in [0.2, 0.25) is 0 Å². The Kier molecular flexibility index (Phi) is 30.9. The lowest BCUT2D eigenvalue weighted by molar-refractivity contribution is -0.142. The van der Waals surface area contributed by atoms with E-state index in [0.717, 1.165) is 80.0 Å². The number of nitrogens with one attached hydrogen (secondary N) is 2. The molecule has 1 amide bonds. The van der Waals surface area contributed by atoms with Gasteiger partial charge in [0, 0.05) is 51.0 Å². The highest BCUT2D eigenvalue weighted by Gasteiger charge is 2.51. The van der Waals surface area contributed by atoms with Gasteiger partial charge in [-0.2, -0.15) is 92.4 Å².